The maximum Gasteiger partial charge on any atom is 0.308 e. The van der Waals surface area contributed by atoms with Crippen molar-refractivity contribution in [2.45, 2.75) is 31.8 Å². The summed E-state index contributed by atoms with van der Waals surface area (Å²) in [5, 5.41) is 29.0. The minimum atomic E-state index is -0.894. The highest BCUT2D eigenvalue weighted by Crippen LogP contribution is 2.29. The number of carboxylic acids is 1. The van der Waals surface area contributed by atoms with Crippen LogP contribution < -0.4 is 11.1 Å². The lowest BCUT2D eigenvalue weighted by molar-refractivity contribution is -0.136. The van der Waals surface area contributed by atoms with Crippen molar-refractivity contribution >= 4 is 35.0 Å². The third kappa shape index (κ3) is 5.89. The molecule has 2 aromatic carbocycles. The van der Waals surface area contributed by atoms with E-state index >= 15 is 0 Å². The number of amidine groups is 1. The third-order valence-electron chi connectivity index (χ3n) is 5.99. The maximum atomic E-state index is 13.6. The third-order valence-corrected chi connectivity index (χ3v) is 7.23. The SMILES string of the molecule is N=C(N)c1ccc(C(=O)N[C@@H](Cc2ccc(O)cc2)C(=O)N2CCc3sc(CC(=O)O)cc3C2)cc1. The zero-order valence-corrected chi connectivity index (χ0v) is 20.2. The number of nitrogens with zero attached hydrogens (tertiary/aromatic N) is 1. The number of thiophene rings is 1. The van der Waals surface area contributed by atoms with Crippen LogP contribution in [0.3, 0.4) is 0 Å². The molecule has 4 rings (SSSR count). The number of nitrogens with one attached hydrogen (secondary N) is 2. The Bertz CT molecular complexity index is 1300. The molecule has 2 heterocycles. The molecule has 0 saturated heterocycles. The number of nitrogens with two attached hydrogens (primary N) is 1. The number of aromatic hydroxyl groups is 1. The second-order valence-electron chi connectivity index (χ2n) is 8.63. The normalized spacial score (nSPS) is 13.5. The number of phenolic OH excluding ortho intramolecular Hbond substituents is 1. The van der Waals surface area contributed by atoms with Gasteiger partial charge in [-0.3, -0.25) is 19.8 Å². The van der Waals surface area contributed by atoms with E-state index in [1.54, 1.807) is 41.3 Å². The molecule has 1 aliphatic heterocycles. The Morgan fingerprint density at radius 2 is 1.75 bits per heavy atom. The van der Waals surface area contributed by atoms with Crippen LogP contribution in [0.4, 0.5) is 0 Å². The van der Waals surface area contributed by atoms with Crippen molar-refractivity contribution in [2.75, 3.05) is 6.54 Å². The average Bonchev–Trinajstić information content (AvgIpc) is 3.25. The van der Waals surface area contributed by atoms with E-state index in [0.717, 1.165) is 20.9 Å². The quantitative estimate of drug-likeness (QED) is 0.233. The first-order chi connectivity index (χ1) is 17.2. The van der Waals surface area contributed by atoms with Crippen molar-refractivity contribution in [3.63, 3.8) is 0 Å². The van der Waals surface area contributed by atoms with Gasteiger partial charge < -0.3 is 26.2 Å². The van der Waals surface area contributed by atoms with Gasteiger partial charge in [0, 0.05) is 40.4 Å². The minimum absolute atomic E-state index is 0.0480. The van der Waals surface area contributed by atoms with E-state index in [-0.39, 0.29) is 30.3 Å². The number of carbonyl (C=O) groups is 3. The second kappa shape index (κ2) is 10.6. The number of hydrogen-bond acceptors (Lipinski definition) is 6. The molecule has 0 bridgehead atoms. The highest BCUT2D eigenvalue weighted by Gasteiger charge is 2.30. The molecule has 3 aromatic rings. The summed E-state index contributed by atoms with van der Waals surface area (Å²) in [4.78, 5) is 41.2. The van der Waals surface area contributed by atoms with Crippen molar-refractivity contribution in [1.82, 2.24) is 10.2 Å². The highest BCUT2D eigenvalue weighted by molar-refractivity contribution is 7.12. The molecule has 1 atom stereocenters. The van der Waals surface area contributed by atoms with Gasteiger partial charge in [0.15, 0.2) is 0 Å². The van der Waals surface area contributed by atoms with Crippen molar-refractivity contribution in [1.29, 1.82) is 5.41 Å². The molecule has 0 aliphatic carbocycles. The van der Waals surface area contributed by atoms with E-state index in [0.29, 0.717) is 30.6 Å². The average molecular weight is 507 g/mol. The number of nitrogen functional groups attached to an aromatic ring is 1. The van der Waals surface area contributed by atoms with Crippen LogP contribution in [-0.2, 0) is 35.4 Å². The predicted octanol–water partition coefficient (Wildman–Crippen LogP) is 2.29. The fourth-order valence-electron chi connectivity index (χ4n) is 4.15. The molecular weight excluding hydrogens is 480 g/mol. The van der Waals surface area contributed by atoms with Crippen LogP contribution in [0.1, 0.15) is 36.8 Å². The topological polar surface area (TPSA) is 157 Å². The van der Waals surface area contributed by atoms with Gasteiger partial charge >= 0.3 is 5.97 Å². The number of phenols is 1. The molecular formula is C26H26N4O5S. The molecule has 36 heavy (non-hydrogen) atoms. The number of benzene rings is 2. The van der Waals surface area contributed by atoms with E-state index < -0.39 is 17.9 Å². The van der Waals surface area contributed by atoms with Crippen molar-refractivity contribution in [2.24, 2.45) is 5.73 Å². The molecule has 1 aliphatic rings. The number of amides is 2. The lowest BCUT2D eigenvalue weighted by atomic mass is 10.0. The largest absolute Gasteiger partial charge is 0.508 e. The minimum Gasteiger partial charge on any atom is -0.508 e. The summed E-state index contributed by atoms with van der Waals surface area (Å²) in [6.07, 6.45) is 0.805. The standard InChI is InChI=1S/C26H26N4O5S/c27-24(28)16-3-5-17(6-4-16)25(34)29-21(11-15-1-7-19(31)8-2-15)26(35)30-10-9-22-18(14-30)12-20(36-22)13-23(32)33/h1-8,12,21,31H,9-11,13-14H2,(H3,27,28)(H,29,34)(H,32,33)/t21-/m0/s1. The zero-order chi connectivity index (χ0) is 25.8. The van der Waals surface area contributed by atoms with Gasteiger partial charge in [0.25, 0.3) is 5.91 Å². The summed E-state index contributed by atoms with van der Waals surface area (Å²) >= 11 is 1.46. The van der Waals surface area contributed by atoms with Gasteiger partial charge in [-0.15, -0.1) is 11.3 Å². The molecule has 0 radical (unpaired) electrons. The van der Waals surface area contributed by atoms with Crippen LogP contribution in [0.15, 0.2) is 54.6 Å². The number of fused-ring (bicyclic) bond motifs is 1. The Balaban J connectivity index is 1.53. The van der Waals surface area contributed by atoms with E-state index in [4.69, 9.17) is 16.2 Å². The Kier molecular flexibility index (Phi) is 7.35. The predicted molar refractivity (Wildman–Crippen MR) is 135 cm³/mol. The molecule has 186 valence electrons. The number of aliphatic carboxylic acids is 1. The Labute approximate surface area is 211 Å². The van der Waals surface area contributed by atoms with Crippen LogP contribution >= 0.6 is 11.3 Å². The van der Waals surface area contributed by atoms with Gasteiger partial charge in [-0.05, 0) is 47.9 Å². The van der Waals surface area contributed by atoms with Crippen LogP contribution in [0.25, 0.3) is 0 Å². The monoisotopic (exact) mass is 506 g/mol. The smallest absolute Gasteiger partial charge is 0.308 e. The number of hydrogen-bond donors (Lipinski definition) is 5. The highest BCUT2D eigenvalue weighted by atomic mass is 32.1. The molecule has 10 heteroatoms. The second-order valence-corrected chi connectivity index (χ2v) is 9.85. The lowest BCUT2D eigenvalue weighted by Gasteiger charge is -2.31. The van der Waals surface area contributed by atoms with E-state index in [1.807, 2.05) is 6.07 Å². The fourth-order valence-corrected chi connectivity index (χ4v) is 5.31. The summed E-state index contributed by atoms with van der Waals surface area (Å²) in [6.45, 7) is 0.813. The van der Waals surface area contributed by atoms with E-state index in [9.17, 15) is 19.5 Å². The van der Waals surface area contributed by atoms with Crippen LogP contribution in [0.2, 0.25) is 0 Å². The molecule has 6 N–H and O–H groups in total. The van der Waals surface area contributed by atoms with E-state index in [1.165, 1.54) is 23.5 Å². The van der Waals surface area contributed by atoms with Crippen molar-refractivity contribution in [3.8, 4) is 5.75 Å². The maximum absolute atomic E-state index is 13.6. The van der Waals surface area contributed by atoms with Gasteiger partial charge in [0.2, 0.25) is 5.91 Å². The first-order valence-corrected chi connectivity index (χ1v) is 12.2. The fraction of sp³-hybridized carbons (Fsp3) is 0.231. The lowest BCUT2D eigenvalue weighted by Crippen LogP contribution is -2.50. The molecule has 0 unspecified atom stereocenters. The van der Waals surface area contributed by atoms with E-state index in [2.05, 4.69) is 5.32 Å². The van der Waals surface area contributed by atoms with Gasteiger partial charge in [-0.25, -0.2) is 0 Å². The molecule has 9 nitrogen and oxygen atoms in total. The molecule has 0 fully saturated rings. The Hall–Kier alpha value is -4.18. The first kappa shape index (κ1) is 24.9. The number of carbonyl (C=O) groups excluding carboxylic acids is 2. The van der Waals surface area contributed by atoms with Crippen molar-refractivity contribution < 1.29 is 24.6 Å². The van der Waals surface area contributed by atoms with Crippen molar-refractivity contribution in [3.05, 3.63) is 86.6 Å². The molecule has 2 amide bonds. The van der Waals surface area contributed by atoms with Gasteiger partial charge in [-0.1, -0.05) is 24.3 Å². The zero-order valence-electron chi connectivity index (χ0n) is 19.4. The molecule has 0 spiro atoms. The molecule has 1 aromatic heterocycles. The summed E-state index contributed by atoms with van der Waals surface area (Å²) in [6, 6.07) is 13.7. The van der Waals surface area contributed by atoms with Crippen LogP contribution in [0.5, 0.6) is 5.75 Å². The van der Waals surface area contributed by atoms with Gasteiger partial charge in [-0.2, -0.15) is 0 Å². The molecule has 0 saturated carbocycles. The Morgan fingerprint density at radius 3 is 2.39 bits per heavy atom. The first-order valence-electron chi connectivity index (χ1n) is 11.3. The summed E-state index contributed by atoms with van der Waals surface area (Å²) < 4.78 is 0. The van der Waals surface area contributed by atoms with Gasteiger partial charge in [0.05, 0.1) is 6.42 Å². The number of carboxylic acid groups (broad SMARTS) is 1. The summed E-state index contributed by atoms with van der Waals surface area (Å²) in [5.74, 6) is -1.57. The van der Waals surface area contributed by atoms with Gasteiger partial charge in [0.1, 0.15) is 17.6 Å². The number of rotatable bonds is 8. The summed E-state index contributed by atoms with van der Waals surface area (Å²) in [7, 11) is 0. The summed E-state index contributed by atoms with van der Waals surface area (Å²) in [5.41, 5.74) is 8.02. The Morgan fingerprint density at radius 1 is 1.08 bits per heavy atom. The van der Waals surface area contributed by atoms with Crippen LogP contribution in [-0.4, -0.2) is 51.3 Å². The van der Waals surface area contributed by atoms with Crippen LogP contribution in [0, 0.1) is 5.41 Å².